The fourth-order valence-corrected chi connectivity index (χ4v) is 2.10. The number of rotatable bonds is 2. The minimum absolute atomic E-state index is 0.463. The van der Waals surface area contributed by atoms with Crippen LogP contribution in [0.2, 0.25) is 0 Å². The highest BCUT2D eigenvalue weighted by Crippen LogP contribution is 2.22. The molecular weight excluding hydrogens is 204 g/mol. The molecule has 1 aromatic carbocycles. The molecule has 4 heteroatoms. The molecule has 1 aliphatic rings. The second-order valence-electron chi connectivity index (χ2n) is 4.04. The zero-order valence-electron chi connectivity index (χ0n) is 9.31. The number of hydrogen-bond acceptors (Lipinski definition) is 3. The van der Waals surface area contributed by atoms with Gasteiger partial charge in [-0.25, -0.2) is 4.79 Å². The predicted octanol–water partition coefficient (Wildman–Crippen LogP) is 0.858. The number of nitrogens with zero attached hydrogens (tertiary/aromatic N) is 1. The Labute approximate surface area is 94.9 Å². The quantitative estimate of drug-likeness (QED) is 0.776. The summed E-state index contributed by atoms with van der Waals surface area (Å²) in [6.45, 7) is 4.08. The van der Waals surface area contributed by atoms with Crippen molar-refractivity contribution >= 4 is 11.7 Å². The summed E-state index contributed by atoms with van der Waals surface area (Å²) in [5.74, 6) is -0.768. The van der Waals surface area contributed by atoms with E-state index in [0.717, 1.165) is 24.3 Å². The van der Waals surface area contributed by atoms with Crippen molar-refractivity contribution in [2.24, 2.45) is 0 Å². The van der Waals surface area contributed by atoms with Crippen LogP contribution in [0.5, 0.6) is 0 Å². The number of para-hydroxylation sites is 1. The molecule has 1 fully saturated rings. The highest BCUT2D eigenvalue weighted by molar-refractivity contribution is 5.79. The number of carboxylic acids is 1. The lowest BCUT2D eigenvalue weighted by Gasteiger charge is -2.36. The standard InChI is InChI=1S/C12H16N2O2/c1-9-4-2-3-5-10(9)14-7-6-13-8-11(14)12(15)16/h2-5,11,13H,6-8H2,1H3,(H,15,16). The van der Waals surface area contributed by atoms with E-state index in [1.165, 1.54) is 0 Å². The molecular formula is C12H16N2O2. The summed E-state index contributed by atoms with van der Waals surface area (Å²) in [6.07, 6.45) is 0. The van der Waals surface area contributed by atoms with Crippen LogP contribution in [0.25, 0.3) is 0 Å². The summed E-state index contributed by atoms with van der Waals surface area (Å²) >= 11 is 0. The maximum atomic E-state index is 11.2. The van der Waals surface area contributed by atoms with Gasteiger partial charge in [0.2, 0.25) is 0 Å². The van der Waals surface area contributed by atoms with Gasteiger partial charge in [-0.2, -0.15) is 0 Å². The third-order valence-corrected chi connectivity index (χ3v) is 2.95. The molecule has 0 aromatic heterocycles. The number of carboxylic acid groups (broad SMARTS) is 1. The van der Waals surface area contributed by atoms with E-state index in [-0.39, 0.29) is 0 Å². The third kappa shape index (κ3) is 2.02. The van der Waals surface area contributed by atoms with E-state index in [2.05, 4.69) is 5.32 Å². The number of hydrogen-bond donors (Lipinski definition) is 2. The van der Waals surface area contributed by atoms with E-state index < -0.39 is 12.0 Å². The van der Waals surface area contributed by atoms with Gasteiger partial charge in [0.15, 0.2) is 0 Å². The van der Waals surface area contributed by atoms with E-state index in [1.54, 1.807) is 0 Å². The number of nitrogens with one attached hydrogen (secondary N) is 1. The first kappa shape index (κ1) is 11.0. The van der Waals surface area contributed by atoms with Crippen LogP contribution in [-0.4, -0.2) is 36.8 Å². The fraction of sp³-hybridized carbons (Fsp3) is 0.417. The molecule has 1 aliphatic heterocycles. The predicted molar refractivity (Wildman–Crippen MR) is 62.8 cm³/mol. The van der Waals surface area contributed by atoms with Crippen molar-refractivity contribution in [3.05, 3.63) is 29.8 Å². The Bertz CT molecular complexity index is 392. The molecule has 0 bridgehead atoms. The van der Waals surface area contributed by atoms with Crippen LogP contribution in [-0.2, 0) is 4.79 Å². The van der Waals surface area contributed by atoms with Gasteiger partial charge in [-0.3, -0.25) is 0 Å². The summed E-state index contributed by atoms with van der Waals surface area (Å²) in [7, 11) is 0. The summed E-state index contributed by atoms with van der Waals surface area (Å²) < 4.78 is 0. The Balaban J connectivity index is 2.30. The second kappa shape index (κ2) is 4.53. The maximum Gasteiger partial charge on any atom is 0.327 e. The first-order chi connectivity index (χ1) is 7.70. The van der Waals surface area contributed by atoms with E-state index in [0.29, 0.717) is 6.54 Å². The lowest BCUT2D eigenvalue weighted by Crippen LogP contribution is -2.55. The molecule has 1 heterocycles. The Morgan fingerprint density at radius 2 is 2.25 bits per heavy atom. The van der Waals surface area contributed by atoms with Gasteiger partial charge in [0, 0.05) is 25.3 Å². The van der Waals surface area contributed by atoms with Crippen LogP contribution >= 0.6 is 0 Å². The number of benzene rings is 1. The SMILES string of the molecule is Cc1ccccc1N1CCNCC1C(=O)O. The lowest BCUT2D eigenvalue weighted by molar-refractivity contribution is -0.138. The molecule has 2 rings (SSSR count). The smallest absolute Gasteiger partial charge is 0.327 e. The average Bonchev–Trinajstić information content (AvgIpc) is 2.29. The van der Waals surface area contributed by atoms with Crippen LogP contribution in [0.1, 0.15) is 5.56 Å². The fourth-order valence-electron chi connectivity index (χ4n) is 2.10. The van der Waals surface area contributed by atoms with E-state index in [1.807, 2.05) is 36.1 Å². The zero-order chi connectivity index (χ0) is 11.5. The Kier molecular flexibility index (Phi) is 3.10. The third-order valence-electron chi connectivity index (χ3n) is 2.95. The summed E-state index contributed by atoms with van der Waals surface area (Å²) in [5, 5.41) is 12.3. The monoisotopic (exact) mass is 220 g/mol. The Morgan fingerprint density at radius 1 is 1.50 bits per heavy atom. The Morgan fingerprint density at radius 3 is 2.94 bits per heavy atom. The molecule has 0 saturated carbocycles. The van der Waals surface area contributed by atoms with Crippen LogP contribution in [0.3, 0.4) is 0 Å². The molecule has 4 nitrogen and oxygen atoms in total. The molecule has 1 unspecified atom stereocenters. The lowest BCUT2D eigenvalue weighted by atomic mass is 10.1. The van der Waals surface area contributed by atoms with E-state index >= 15 is 0 Å². The van der Waals surface area contributed by atoms with E-state index in [4.69, 9.17) is 0 Å². The van der Waals surface area contributed by atoms with Crippen molar-refractivity contribution in [2.75, 3.05) is 24.5 Å². The topological polar surface area (TPSA) is 52.6 Å². The normalized spacial score (nSPS) is 20.8. The minimum Gasteiger partial charge on any atom is -0.480 e. The van der Waals surface area contributed by atoms with Gasteiger partial charge in [-0.05, 0) is 18.6 Å². The van der Waals surface area contributed by atoms with Gasteiger partial charge >= 0.3 is 5.97 Å². The molecule has 1 aromatic rings. The first-order valence-corrected chi connectivity index (χ1v) is 5.46. The number of aryl methyl sites for hydroxylation is 1. The van der Waals surface area contributed by atoms with Crippen LogP contribution in [0.4, 0.5) is 5.69 Å². The molecule has 16 heavy (non-hydrogen) atoms. The highest BCUT2D eigenvalue weighted by atomic mass is 16.4. The number of anilines is 1. The second-order valence-corrected chi connectivity index (χ2v) is 4.04. The zero-order valence-corrected chi connectivity index (χ0v) is 9.31. The Hall–Kier alpha value is -1.55. The van der Waals surface area contributed by atoms with E-state index in [9.17, 15) is 9.90 Å². The van der Waals surface area contributed by atoms with Gasteiger partial charge in [-0.1, -0.05) is 18.2 Å². The van der Waals surface area contributed by atoms with Gasteiger partial charge in [0.25, 0.3) is 0 Å². The van der Waals surface area contributed by atoms with Crippen molar-refractivity contribution in [2.45, 2.75) is 13.0 Å². The van der Waals surface area contributed by atoms with Gasteiger partial charge < -0.3 is 15.3 Å². The van der Waals surface area contributed by atoms with Crippen LogP contribution < -0.4 is 10.2 Å². The van der Waals surface area contributed by atoms with Crippen molar-refractivity contribution < 1.29 is 9.90 Å². The number of carbonyl (C=O) groups is 1. The summed E-state index contributed by atoms with van der Waals surface area (Å²) in [5.41, 5.74) is 2.15. The molecule has 1 saturated heterocycles. The molecule has 0 amide bonds. The highest BCUT2D eigenvalue weighted by Gasteiger charge is 2.28. The maximum absolute atomic E-state index is 11.2. The average molecular weight is 220 g/mol. The minimum atomic E-state index is -0.768. The summed E-state index contributed by atoms with van der Waals surface area (Å²) in [6, 6.07) is 7.45. The van der Waals surface area contributed by atoms with Crippen LogP contribution in [0.15, 0.2) is 24.3 Å². The summed E-state index contributed by atoms with van der Waals surface area (Å²) in [4.78, 5) is 13.1. The number of piperazine rings is 1. The number of aliphatic carboxylic acids is 1. The molecule has 0 radical (unpaired) electrons. The van der Waals surface area contributed by atoms with Gasteiger partial charge in [0.1, 0.15) is 6.04 Å². The molecule has 0 spiro atoms. The molecule has 0 aliphatic carbocycles. The van der Waals surface area contributed by atoms with Crippen LogP contribution in [0, 0.1) is 6.92 Å². The van der Waals surface area contributed by atoms with Crippen molar-refractivity contribution in [1.29, 1.82) is 0 Å². The van der Waals surface area contributed by atoms with Gasteiger partial charge in [-0.15, -0.1) is 0 Å². The molecule has 1 atom stereocenters. The van der Waals surface area contributed by atoms with Crippen molar-refractivity contribution in [1.82, 2.24) is 5.32 Å². The van der Waals surface area contributed by atoms with Gasteiger partial charge in [0.05, 0.1) is 0 Å². The first-order valence-electron chi connectivity index (χ1n) is 5.46. The largest absolute Gasteiger partial charge is 0.480 e. The molecule has 86 valence electrons. The van der Waals surface area contributed by atoms with Crippen molar-refractivity contribution in [3.63, 3.8) is 0 Å². The molecule has 2 N–H and O–H groups in total. The van der Waals surface area contributed by atoms with Crippen molar-refractivity contribution in [3.8, 4) is 0 Å².